The summed E-state index contributed by atoms with van der Waals surface area (Å²) in [5.41, 5.74) is 3.13. The highest BCUT2D eigenvalue weighted by Gasteiger charge is 2.33. The first kappa shape index (κ1) is 35.2. The first-order valence-corrected chi connectivity index (χ1v) is 16.9. The summed E-state index contributed by atoms with van der Waals surface area (Å²) in [5.74, 6) is 0.387. The van der Waals surface area contributed by atoms with Crippen LogP contribution in [0.25, 0.3) is 11.1 Å². The predicted molar refractivity (Wildman–Crippen MR) is 181 cm³/mol. The zero-order valence-corrected chi connectivity index (χ0v) is 27.8. The summed E-state index contributed by atoms with van der Waals surface area (Å²) in [4.78, 5) is 25.2. The third kappa shape index (κ3) is 11.6. The SMILES string of the molecule is CCCCCCC(C)OC(=O)c1ccc(OC(=O)c2ccc(-c3ccc(OCCCCCCOCC4(C)COC4)cc3)cc2)cc1. The van der Waals surface area contributed by atoms with Crippen molar-refractivity contribution in [1.29, 1.82) is 0 Å². The van der Waals surface area contributed by atoms with Crippen LogP contribution in [0.1, 0.15) is 99.3 Å². The summed E-state index contributed by atoms with van der Waals surface area (Å²) in [6.45, 7) is 10.2. The van der Waals surface area contributed by atoms with Crippen LogP contribution in [0.3, 0.4) is 0 Å². The standard InChI is InChI=1S/C39H50O7/c1-4-5-6-9-12-30(2)45-37(40)34-19-23-36(24-20-34)46-38(41)33-15-13-31(14-16-33)32-17-21-35(22-18-32)44-26-11-8-7-10-25-42-27-39(3)28-43-29-39/h13-24,30H,4-12,25-29H2,1-3H3. The molecule has 1 atom stereocenters. The second-order valence-electron chi connectivity index (χ2n) is 12.7. The number of esters is 2. The Kier molecular flexibility index (Phi) is 14.1. The van der Waals surface area contributed by atoms with Crippen LogP contribution in [0, 0.1) is 5.41 Å². The molecule has 1 fully saturated rings. The lowest BCUT2D eigenvalue weighted by Gasteiger charge is -2.37. The molecule has 0 bridgehead atoms. The molecule has 248 valence electrons. The van der Waals surface area contributed by atoms with E-state index in [4.69, 9.17) is 23.7 Å². The average Bonchev–Trinajstić information content (AvgIpc) is 3.05. The second kappa shape index (κ2) is 18.5. The Labute approximate surface area is 274 Å². The average molecular weight is 631 g/mol. The van der Waals surface area contributed by atoms with Crippen LogP contribution >= 0.6 is 0 Å². The summed E-state index contributed by atoms with van der Waals surface area (Å²) < 4.78 is 28.1. The molecule has 7 nitrogen and oxygen atoms in total. The number of rotatable bonds is 20. The van der Waals surface area contributed by atoms with Gasteiger partial charge in [-0.15, -0.1) is 0 Å². The summed E-state index contributed by atoms with van der Waals surface area (Å²) in [6.07, 6.45) is 9.65. The first-order chi connectivity index (χ1) is 22.3. The van der Waals surface area contributed by atoms with Crippen molar-refractivity contribution in [2.45, 2.75) is 84.7 Å². The van der Waals surface area contributed by atoms with Gasteiger partial charge < -0.3 is 23.7 Å². The molecule has 1 saturated heterocycles. The van der Waals surface area contributed by atoms with Crippen LogP contribution in [0.4, 0.5) is 0 Å². The highest BCUT2D eigenvalue weighted by molar-refractivity contribution is 5.92. The minimum absolute atomic E-state index is 0.130. The van der Waals surface area contributed by atoms with Crippen molar-refractivity contribution in [2.75, 3.05) is 33.0 Å². The van der Waals surface area contributed by atoms with Crippen LogP contribution in [0.15, 0.2) is 72.8 Å². The molecule has 0 radical (unpaired) electrons. The van der Waals surface area contributed by atoms with Crippen molar-refractivity contribution in [3.8, 4) is 22.6 Å². The molecule has 4 rings (SSSR count). The number of carbonyl (C=O) groups excluding carboxylic acids is 2. The maximum Gasteiger partial charge on any atom is 0.343 e. The smallest absolute Gasteiger partial charge is 0.343 e. The summed E-state index contributed by atoms with van der Waals surface area (Å²) in [7, 11) is 0. The Morgan fingerprint density at radius 1 is 0.717 bits per heavy atom. The Morgan fingerprint density at radius 2 is 1.28 bits per heavy atom. The molecular formula is C39H50O7. The van der Waals surface area contributed by atoms with Gasteiger partial charge in [0.1, 0.15) is 11.5 Å². The van der Waals surface area contributed by atoms with E-state index in [1.807, 2.05) is 43.3 Å². The first-order valence-electron chi connectivity index (χ1n) is 16.9. The fraction of sp³-hybridized carbons (Fsp3) is 0.487. The fourth-order valence-corrected chi connectivity index (χ4v) is 5.24. The number of hydrogen-bond acceptors (Lipinski definition) is 7. The fourth-order valence-electron chi connectivity index (χ4n) is 5.24. The molecule has 0 N–H and O–H groups in total. The lowest BCUT2D eigenvalue weighted by atomic mass is 9.90. The normalized spacial score (nSPS) is 14.2. The van der Waals surface area contributed by atoms with Crippen molar-refractivity contribution in [2.24, 2.45) is 5.41 Å². The summed E-state index contributed by atoms with van der Waals surface area (Å²) >= 11 is 0. The molecule has 1 aliphatic heterocycles. The van der Waals surface area contributed by atoms with E-state index in [0.29, 0.717) is 23.5 Å². The molecule has 3 aromatic rings. The number of carbonyl (C=O) groups is 2. The molecule has 0 aromatic heterocycles. The van der Waals surface area contributed by atoms with Gasteiger partial charge in [-0.2, -0.15) is 0 Å². The highest BCUT2D eigenvalue weighted by atomic mass is 16.5. The van der Waals surface area contributed by atoms with Crippen LogP contribution in [0.5, 0.6) is 11.5 Å². The van der Waals surface area contributed by atoms with Gasteiger partial charge >= 0.3 is 11.9 Å². The van der Waals surface area contributed by atoms with Crippen LogP contribution in [0.2, 0.25) is 0 Å². The van der Waals surface area contributed by atoms with Crippen LogP contribution < -0.4 is 9.47 Å². The topological polar surface area (TPSA) is 80.3 Å². The molecule has 0 saturated carbocycles. The van der Waals surface area contributed by atoms with E-state index in [9.17, 15) is 9.59 Å². The molecule has 0 aliphatic carbocycles. The van der Waals surface area contributed by atoms with Crippen LogP contribution in [-0.4, -0.2) is 51.1 Å². The van der Waals surface area contributed by atoms with Gasteiger partial charge in [0.15, 0.2) is 0 Å². The Morgan fingerprint density at radius 3 is 1.91 bits per heavy atom. The molecule has 1 aliphatic rings. The predicted octanol–water partition coefficient (Wildman–Crippen LogP) is 9.08. The largest absolute Gasteiger partial charge is 0.494 e. The van der Waals surface area contributed by atoms with Gasteiger partial charge in [-0.3, -0.25) is 0 Å². The Balaban J connectivity index is 1.13. The summed E-state index contributed by atoms with van der Waals surface area (Å²) in [6, 6.07) is 21.8. The minimum Gasteiger partial charge on any atom is -0.494 e. The highest BCUT2D eigenvalue weighted by Crippen LogP contribution is 2.27. The maximum absolute atomic E-state index is 12.7. The van der Waals surface area contributed by atoms with E-state index in [1.165, 1.54) is 12.8 Å². The van der Waals surface area contributed by atoms with E-state index >= 15 is 0 Å². The van der Waals surface area contributed by atoms with E-state index in [0.717, 1.165) is 88.2 Å². The second-order valence-corrected chi connectivity index (χ2v) is 12.7. The third-order valence-corrected chi connectivity index (χ3v) is 8.18. The quantitative estimate of drug-likeness (QED) is 0.0700. The number of hydrogen-bond donors (Lipinski definition) is 0. The van der Waals surface area contributed by atoms with Gasteiger partial charge in [0.2, 0.25) is 0 Å². The maximum atomic E-state index is 12.7. The van der Waals surface area contributed by atoms with Crippen LogP contribution in [-0.2, 0) is 14.2 Å². The van der Waals surface area contributed by atoms with Gasteiger partial charge in [-0.25, -0.2) is 9.59 Å². The van der Waals surface area contributed by atoms with E-state index in [1.54, 1.807) is 36.4 Å². The van der Waals surface area contributed by atoms with Crippen molar-refractivity contribution in [3.63, 3.8) is 0 Å². The van der Waals surface area contributed by atoms with E-state index < -0.39 is 5.97 Å². The molecule has 1 unspecified atom stereocenters. The minimum atomic E-state index is -0.461. The molecule has 7 heteroatoms. The number of benzene rings is 3. The van der Waals surface area contributed by atoms with E-state index in [-0.39, 0.29) is 17.5 Å². The van der Waals surface area contributed by atoms with Crippen molar-refractivity contribution >= 4 is 11.9 Å². The molecule has 3 aromatic carbocycles. The molecule has 46 heavy (non-hydrogen) atoms. The number of ether oxygens (including phenoxy) is 5. The lowest BCUT2D eigenvalue weighted by Crippen LogP contribution is -2.43. The van der Waals surface area contributed by atoms with Crippen molar-refractivity contribution in [1.82, 2.24) is 0 Å². The van der Waals surface area contributed by atoms with Gasteiger partial charge in [0, 0.05) is 12.0 Å². The molecular weight excluding hydrogens is 580 g/mol. The molecule has 0 amide bonds. The van der Waals surface area contributed by atoms with Crippen molar-refractivity contribution < 1.29 is 33.3 Å². The van der Waals surface area contributed by atoms with Gasteiger partial charge in [0.25, 0.3) is 0 Å². The summed E-state index contributed by atoms with van der Waals surface area (Å²) in [5, 5.41) is 0. The van der Waals surface area contributed by atoms with Gasteiger partial charge in [-0.05, 0) is 98.7 Å². The molecule has 1 heterocycles. The van der Waals surface area contributed by atoms with Gasteiger partial charge in [0.05, 0.1) is 43.7 Å². The zero-order valence-electron chi connectivity index (χ0n) is 27.8. The van der Waals surface area contributed by atoms with Gasteiger partial charge in [-0.1, -0.05) is 63.8 Å². The zero-order chi connectivity index (χ0) is 32.6. The third-order valence-electron chi connectivity index (χ3n) is 8.18. The van der Waals surface area contributed by atoms with Crippen molar-refractivity contribution in [3.05, 3.63) is 83.9 Å². The molecule has 0 spiro atoms. The monoisotopic (exact) mass is 630 g/mol. The van der Waals surface area contributed by atoms with E-state index in [2.05, 4.69) is 13.8 Å². The Bertz CT molecular complexity index is 1330. The lowest BCUT2D eigenvalue weighted by molar-refractivity contribution is -0.137. The number of unbranched alkanes of at least 4 members (excludes halogenated alkanes) is 6. The Hall–Kier alpha value is -3.68.